The van der Waals surface area contributed by atoms with Crippen LogP contribution in [0, 0.1) is 0 Å². The monoisotopic (exact) mass is 272 g/mol. The Hall–Kier alpha value is -2.24. The molecule has 0 fully saturated rings. The maximum Gasteiger partial charge on any atom is 0.305 e. The van der Waals surface area contributed by atoms with Crippen molar-refractivity contribution in [2.75, 3.05) is 0 Å². The molecule has 6 nitrogen and oxygen atoms in total. The number of rotatable bonds is 4. The number of tetrazole rings is 1. The summed E-state index contributed by atoms with van der Waals surface area (Å²) in [6, 6.07) is 8.35. The third-order valence-corrected chi connectivity index (χ3v) is 3.78. The average molecular weight is 272 g/mol. The smallest absolute Gasteiger partial charge is 0.305 e. The van der Waals surface area contributed by atoms with Crippen LogP contribution in [0.1, 0.15) is 42.1 Å². The Morgan fingerprint density at radius 1 is 1.40 bits per heavy atom. The number of benzene rings is 1. The number of hydrogen-bond acceptors (Lipinski definition) is 4. The molecular weight excluding hydrogens is 256 g/mol. The molecule has 104 valence electrons. The summed E-state index contributed by atoms with van der Waals surface area (Å²) in [5, 5.41) is 20.6. The molecule has 1 atom stereocenters. The van der Waals surface area contributed by atoms with Crippen molar-refractivity contribution in [3.63, 3.8) is 0 Å². The number of aromatic nitrogens is 4. The van der Waals surface area contributed by atoms with Crippen LogP contribution >= 0.6 is 0 Å². The van der Waals surface area contributed by atoms with Gasteiger partial charge in [-0.3, -0.25) is 4.79 Å². The standard InChI is InChI=1S/C14H16N4O2/c19-13(20)8-9-18-14(15-16-17-18)12-7-3-5-10-4-1-2-6-11(10)12/h1-2,4,6,12H,3,5,7-9H2,(H,19,20). The van der Waals surface area contributed by atoms with Crippen LogP contribution in [-0.4, -0.2) is 31.3 Å². The van der Waals surface area contributed by atoms with E-state index in [1.165, 1.54) is 11.1 Å². The Kier molecular flexibility index (Phi) is 3.45. The molecular formula is C14H16N4O2. The van der Waals surface area contributed by atoms with Crippen molar-refractivity contribution in [3.8, 4) is 0 Å². The van der Waals surface area contributed by atoms with Gasteiger partial charge in [-0.15, -0.1) is 5.10 Å². The molecule has 1 aliphatic carbocycles. The molecule has 6 heteroatoms. The van der Waals surface area contributed by atoms with E-state index in [-0.39, 0.29) is 12.3 Å². The van der Waals surface area contributed by atoms with Gasteiger partial charge < -0.3 is 5.11 Å². The first kappa shape index (κ1) is 12.8. The third kappa shape index (κ3) is 2.41. The van der Waals surface area contributed by atoms with Gasteiger partial charge in [0.2, 0.25) is 0 Å². The highest BCUT2D eigenvalue weighted by Crippen LogP contribution is 2.35. The Morgan fingerprint density at radius 3 is 3.10 bits per heavy atom. The second-order valence-electron chi connectivity index (χ2n) is 5.05. The fourth-order valence-electron chi connectivity index (χ4n) is 2.84. The Balaban J connectivity index is 1.91. The van der Waals surface area contributed by atoms with Crippen LogP contribution in [0.3, 0.4) is 0 Å². The molecule has 3 rings (SSSR count). The third-order valence-electron chi connectivity index (χ3n) is 3.78. The fourth-order valence-corrected chi connectivity index (χ4v) is 2.84. The highest BCUT2D eigenvalue weighted by Gasteiger charge is 2.26. The van der Waals surface area contributed by atoms with Crippen LogP contribution in [0.25, 0.3) is 0 Å². The van der Waals surface area contributed by atoms with Crippen molar-refractivity contribution < 1.29 is 9.90 Å². The lowest BCUT2D eigenvalue weighted by molar-refractivity contribution is -0.137. The molecule has 0 saturated heterocycles. The number of carboxylic acids is 1. The Labute approximate surface area is 116 Å². The summed E-state index contributed by atoms with van der Waals surface area (Å²) in [4.78, 5) is 10.7. The maximum atomic E-state index is 10.7. The van der Waals surface area contributed by atoms with Crippen molar-refractivity contribution in [3.05, 3.63) is 41.2 Å². The van der Waals surface area contributed by atoms with Gasteiger partial charge in [0.15, 0.2) is 5.82 Å². The number of aryl methyl sites for hydroxylation is 2. The van der Waals surface area contributed by atoms with E-state index in [9.17, 15) is 4.79 Å². The largest absolute Gasteiger partial charge is 0.481 e. The van der Waals surface area contributed by atoms with E-state index in [0.29, 0.717) is 6.54 Å². The highest BCUT2D eigenvalue weighted by molar-refractivity contribution is 5.66. The molecule has 1 heterocycles. The molecule has 1 unspecified atom stereocenters. The van der Waals surface area contributed by atoms with Gasteiger partial charge in [0.05, 0.1) is 13.0 Å². The molecule has 1 N–H and O–H groups in total. The first-order chi connectivity index (χ1) is 9.75. The SMILES string of the molecule is O=C(O)CCn1nnnc1C1CCCc2ccccc21. The summed E-state index contributed by atoms with van der Waals surface area (Å²) in [6.07, 6.45) is 3.23. The van der Waals surface area contributed by atoms with Gasteiger partial charge in [-0.2, -0.15) is 0 Å². The fraction of sp³-hybridized carbons (Fsp3) is 0.429. The first-order valence-corrected chi connectivity index (χ1v) is 6.81. The van der Waals surface area contributed by atoms with E-state index in [1.54, 1.807) is 4.68 Å². The number of hydrogen-bond donors (Lipinski definition) is 1. The molecule has 0 bridgehead atoms. The van der Waals surface area contributed by atoms with Gasteiger partial charge in [-0.05, 0) is 40.8 Å². The normalized spacial score (nSPS) is 17.7. The number of aliphatic carboxylic acids is 1. The molecule has 20 heavy (non-hydrogen) atoms. The van der Waals surface area contributed by atoms with Gasteiger partial charge in [-0.25, -0.2) is 4.68 Å². The van der Waals surface area contributed by atoms with Crippen LogP contribution in [0.5, 0.6) is 0 Å². The summed E-state index contributed by atoms with van der Waals surface area (Å²) >= 11 is 0. The van der Waals surface area contributed by atoms with E-state index in [0.717, 1.165) is 25.1 Å². The molecule has 1 aliphatic rings. The minimum Gasteiger partial charge on any atom is -0.481 e. The summed E-state index contributed by atoms with van der Waals surface area (Å²) in [5.41, 5.74) is 2.61. The van der Waals surface area contributed by atoms with E-state index < -0.39 is 5.97 Å². The van der Waals surface area contributed by atoms with Gasteiger partial charge in [0.1, 0.15) is 0 Å². The molecule has 0 radical (unpaired) electrons. The molecule has 0 spiro atoms. The van der Waals surface area contributed by atoms with E-state index in [1.807, 2.05) is 6.07 Å². The number of nitrogens with zero attached hydrogens (tertiary/aromatic N) is 4. The molecule has 0 aliphatic heterocycles. The summed E-state index contributed by atoms with van der Waals surface area (Å²) < 4.78 is 1.63. The van der Waals surface area contributed by atoms with Crippen molar-refractivity contribution >= 4 is 5.97 Å². The predicted molar refractivity (Wildman–Crippen MR) is 71.3 cm³/mol. The maximum absolute atomic E-state index is 10.7. The Morgan fingerprint density at radius 2 is 2.25 bits per heavy atom. The van der Waals surface area contributed by atoms with Crippen LogP contribution in [0.15, 0.2) is 24.3 Å². The summed E-state index contributed by atoms with van der Waals surface area (Å²) in [7, 11) is 0. The minimum atomic E-state index is -0.838. The van der Waals surface area contributed by atoms with Crippen LogP contribution in [0.2, 0.25) is 0 Å². The molecule has 2 aromatic rings. The summed E-state index contributed by atoms with van der Waals surface area (Å²) in [6.45, 7) is 0.316. The quantitative estimate of drug-likeness (QED) is 0.914. The van der Waals surface area contributed by atoms with Crippen molar-refractivity contribution in [2.45, 2.75) is 38.1 Å². The van der Waals surface area contributed by atoms with Gasteiger partial charge in [-0.1, -0.05) is 24.3 Å². The van der Waals surface area contributed by atoms with Crippen molar-refractivity contribution in [1.29, 1.82) is 0 Å². The predicted octanol–water partition coefficient (Wildman–Crippen LogP) is 1.62. The van der Waals surface area contributed by atoms with Gasteiger partial charge in [0.25, 0.3) is 0 Å². The van der Waals surface area contributed by atoms with E-state index >= 15 is 0 Å². The van der Waals surface area contributed by atoms with E-state index in [2.05, 4.69) is 33.7 Å². The van der Waals surface area contributed by atoms with Crippen LogP contribution in [0.4, 0.5) is 0 Å². The topological polar surface area (TPSA) is 80.9 Å². The van der Waals surface area contributed by atoms with Crippen LogP contribution < -0.4 is 0 Å². The number of fused-ring (bicyclic) bond motifs is 1. The van der Waals surface area contributed by atoms with Crippen molar-refractivity contribution in [2.24, 2.45) is 0 Å². The molecule has 0 amide bonds. The van der Waals surface area contributed by atoms with E-state index in [4.69, 9.17) is 5.11 Å². The average Bonchev–Trinajstić information content (AvgIpc) is 2.92. The Bertz CT molecular complexity index is 623. The molecule has 1 aromatic carbocycles. The number of carbonyl (C=O) groups is 1. The molecule has 0 saturated carbocycles. The molecule has 1 aromatic heterocycles. The lowest BCUT2D eigenvalue weighted by atomic mass is 9.82. The lowest BCUT2D eigenvalue weighted by Gasteiger charge is -2.24. The zero-order valence-electron chi connectivity index (χ0n) is 11.1. The van der Waals surface area contributed by atoms with Gasteiger partial charge in [0, 0.05) is 5.92 Å². The van der Waals surface area contributed by atoms with Crippen molar-refractivity contribution in [1.82, 2.24) is 20.2 Å². The number of carboxylic acid groups (broad SMARTS) is 1. The first-order valence-electron chi connectivity index (χ1n) is 6.81. The zero-order valence-corrected chi connectivity index (χ0v) is 11.1. The summed E-state index contributed by atoms with van der Waals surface area (Å²) in [5.74, 6) is 0.109. The second-order valence-corrected chi connectivity index (χ2v) is 5.05. The van der Waals surface area contributed by atoms with Gasteiger partial charge >= 0.3 is 5.97 Å². The highest BCUT2D eigenvalue weighted by atomic mass is 16.4. The van der Waals surface area contributed by atoms with Crippen LogP contribution in [-0.2, 0) is 17.8 Å². The second kappa shape index (κ2) is 5.40. The minimum absolute atomic E-state index is 0.0341. The lowest BCUT2D eigenvalue weighted by Crippen LogP contribution is -2.17. The zero-order chi connectivity index (χ0) is 13.9.